The first-order valence-corrected chi connectivity index (χ1v) is 5.07. The molecule has 1 aromatic rings. The van der Waals surface area contributed by atoms with Crippen LogP contribution in [0, 0.1) is 0 Å². The lowest BCUT2D eigenvalue weighted by Crippen LogP contribution is -2.28. The van der Waals surface area contributed by atoms with E-state index >= 15 is 0 Å². The first-order valence-electron chi connectivity index (χ1n) is 5.07. The third-order valence-corrected chi connectivity index (χ3v) is 2.51. The molecule has 0 amide bonds. The van der Waals surface area contributed by atoms with Crippen LogP contribution in [0.5, 0.6) is 0 Å². The molecule has 2 atom stereocenters. The lowest BCUT2D eigenvalue weighted by molar-refractivity contribution is 0.348. The zero-order valence-electron chi connectivity index (χ0n) is 8.36. The van der Waals surface area contributed by atoms with Crippen molar-refractivity contribution >= 4 is 0 Å². The molecule has 0 saturated carbocycles. The number of hydrogen-bond donors (Lipinski definition) is 2. The maximum atomic E-state index is 5.64. The number of nitrogens with zero attached hydrogens (tertiary/aromatic N) is 2. The van der Waals surface area contributed by atoms with Gasteiger partial charge in [-0.2, -0.15) is 4.98 Å². The van der Waals surface area contributed by atoms with Gasteiger partial charge in [0.2, 0.25) is 5.89 Å². The van der Waals surface area contributed by atoms with Crippen molar-refractivity contribution in [2.24, 2.45) is 5.73 Å². The summed E-state index contributed by atoms with van der Waals surface area (Å²) in [4.78, 5) is 4.29. The second kappa shape index (κ2) is 4.06. The maximum Gasteiger partial charge on any atom is 0.243 e. The second-order valence-corrected chi connectivity index (χ2v) is 3.82. The maximum absolute atomic E-state index is 5.64. The first-order chi connectivity index (χ1) is 6.77. The van der Waals surface area contributed by atoms with Crippen LogP contribution in [-0.4, -0.2) is 23.2 Å². The van der Waals surface area contributed by atoms with Gasteiger partial charge in [-0.15, -0.1) is 0 Å². The first kappa shape index (κ1) is 9.61. The summed E-state index contributed by atoms with van der Waals surface area (Å²) < 4.78 is 5.07. The molecule has 0 spiro atoms. The normalized spacial score (nSPS) is 24.9. The number of nitrogens with two attached hydrogens (primary N) is 1. The van der Waals surface area contributed by atoms with Crippen LogP contribution in [0.4, 0.5) is 0 Å². The lowest BCUT2D eigenvalue weighted by atomic mass is 9.99. The highest BCUT2D eigenvalue weighted by molar-refractivity contribution is 4.99. The van der Waals surface area contributed by atoms with Gasteiger partial charge < -0.3 is 15.6 Å². The zero-order valence-corrected chi connectivity index (χ0v) is 8.36. The van der Waals surface area contributed by atoms with Gasteiger partial charge in [0.25, 0.3) is 0 Å². The molecule has 3 N–H and O–H groups in total. The molecule has 14 heavy (non-hydrogen) atoms. The molecule has 2 rings (SSSR count). The number of aromatic nitrogens is 2. The Morgan fingerprint density at radius 1 is 1.64 bits per heavy atom. The van der Waals surface area contributed by atoms with E-state index in [1.807, 2.05) is 6.92 Å². The molecular weight excluding hydrogens is 180 g/mol. The summed E-state index contributed by atoms with van der Waals surface area (Å²) in [6, 6.07) is -0.173. The fourth-order valence-electron chi connectivity index (χ4n) is 1.67. The smallest absolute Gasteiger partial charge is 0.243 e. The summed E-state index contributed by atoms with van der Waals surface area (Å²) in [7, 11) is 0. The summed E-state index contributed by atoms with van der Waals surface area (Å²) in [6.45, 7) is 3.88. The van der Waals surface area contributed by atoms with Crippen LogP contribution in [0.25, 0.3) is 0 Å². The molecule has 78 valence electrons. The average molecular weight is 196 g/mol. The fourth-order valence-corrected chi connectivity index (χ4v) is 1.67. The van der Waals surface area contributed by atoms with Gasteiger partial charge in [0.05, 0.1) is 6.04 Å². The number of rotatable bonds is 2. The van der Waals surface area contributed by atoms with Gasteiger partial charge in [0.15, 0.2) is 5.82 Å². The summed E-state index contributed by atoms with van der Waals surface area (Å²) in [5.74, 6) is 1.72. The Bertz CT molecular complexity index is 291. The van der Waals surface area contributed by atoms with E-state index in [0.717, 1.165) is 25.3 Å². The minimum Gasteiger partial charge on any atom is -0.338 e. The van der Waals surface area contributed by atoms with Gasteiger partial charge >= 0.3 is 0 Å². The fraction of sp³-hybridized carbons (Fsp3) is 0.778. The minimum atomic E-state index is -0.173. The second-order valence-electron chi connectivity index (χ2n) is 3.82. The van der Waals surface area contributed by atoms with Gasteiger partial charge in [0.1, 0.15) is 0 Å². The molecule has 0 radical (unpaired) electrons. The summed E-state index contributed by atoms with van der Waals surface area (Å²) in [5.41, 5.74) is 5.64. The Balaban J connectivity index is 2.07. The van der Waals surface area contributed by atoms with Crippen LogP contribution in [0.3, 0.4) is 0 Å². The lowest BCUT2D eigenvalue weighted by Gasteiger charge is -2.19. The van der Waals surface area contributed by atoms with Crippen LogP contribution in [-0.2, 0) is 0 Å². The largest absolute Gasteiger partial charge is 0.338 e. The van der Waals surface area contributed by atoms with E-state index in [0.29, 0.717) is 11.8 Å². The van der Waals surface area contributed by atoms with Gasteiger partial charge in [0, 0.05) is 12.5 Å². The molecule has 5 heteroatoms. The van der Waals surface area contributed by atoms with Crippen LogP contribution < -0.4 is 11.1 Å². The van der Waals surface area contributed by atoms with Crippen molar-refractivity contribution in [3.8, 4) is 0 Å². The van der Waals surface area contributed by atoms with Gasteiger partial charge in [-0.05, 0) is 26.3 Å². The predicted octanol–water partition coefficient (Wildman–Crippen LogP) is 0.556. The SMILES string of the molecule is CC(N)c1nc(C2CCCNC2)no1. The van der Waals surface area contributed by atoms with Gasteiger partial charge in [-0.1, -0.05) is 5.16 Å². The highest BCUT2D eigenvalue weighted by Gasteiger charge is 2.21. The molecule has 2 unspecified atom stereocenters. The molecule has 1 fully saturated rings. The molecular formula is C9H16N4O. The van der Waals surface area contributed by atoms with Crippen LogP contribution in [0.2, 0.25) is 0 Å². The van der Waals surface area contributed by atoms with Crippen LogP contribution in [0.1, 0.15) is 43.4 Å². The molecule has 0 aliphatic carbocycles. The Kier molecular flexibility index (Phi) is 2.79. The predicted molar refractivity (Wildman–Crippen MR) is 51.7 cm³/mol. The van der Waals surface area contributed by atoms with Crippen molar-refractivity contribution in [1.29, 1.82) is 0 Å². The number of hydrogen-bond acceptors (Lipinski definition) is 5. The van der Waals surface area contributed by atoms with Crippen LogP contribution in [0.15, 0.2) is 4.52 Å². The third kappa shape index (κ3) is 1.93. The van der Waals surface area contributed by atoms with Crippen LogP contribution >= 0.6 is 0 Å². The quantitative estimate of drug-likeness (QED) is 0.722. The highest BCUT2D eigenvalue weighted by Crippen LogP contribution is 2.21. The molecule has 1 aromatic heterocycles. The van der Waals surface area contributed by atoms with Crippen molar-refractivity contribution in [3.05, 3.63) is 11.7 Å². The summed E-state index contributed by atoms with van der Waals surface area (Å²) in [6.07, 6.45) is 2.30. The van der Waals surface area contributed by atoms with Crippen molar-refractivity contribution in [3.63, 3.8) is 0 Å². The molecule has 2 heterocycles. The zero-order chi connectivity index (χ0) is 9.97. The monoisotopic (exact) mass is 196 g/mol. The third-order valence-electron chi connectivity index (χ3n) is 2.51. The molecule has 1 aliphatic rings. The molecule has 1 saturated heterocycles. The Hall–Kier alpha value is -0.940. The van der Waals surface area contributed by atoms with E-state index in [9.17, 15) is 0 Å². The standard InChI is InChI=1S/C9H16N4O/c1-6(10)9-12-8(13-14-9)7-3-2-4-11-5-7/h6-7,11H,2-5,10H2,1H3. The van der Waals surface area contributed by atoms with Crippen molar-refractivity contribution in [1.82, 2.24) is 15.5 Å². The van der Waals surface area contributed by atoms with Gasteiger partial charge in [-0.25, -0.2) is 0 Å². The number of nitrogens with one attached hydrogen (secondary N) is 1. The Labute approximate surface area is 83.1 Å². The van der Waals surface area contributed by atoms with Crippen molar-refractivity contribution in [2.75, 3.05) is 13.1 Å². The van der Waals surface area contributed by atoms with E-state index in [4.69, 9.17) is 10.3 Å². The average Bonchev–Trinajstić information content (AvgIpc) is 2.68. The van der Waals surface area contributed by atoms with Crippen molar-refractivity contribution in [2.45, 2.75) is 31.7 Å². The Morgan fingerprint density at radius 2 is 2.50 bits per heavy atom. The topological polar surface area (TPSA) is 77.0 Å². The number of piperidine rings is 1. The highest BCUT2D eigenvalue weighted by atomic mass is 16.5. The summed E-state index contributed by atoms with van der Waals surface area (Å²) >= 11 is 0. The molecule has 1 aliphatic heterocycles. The van der Waals surface area contributed by atoms with Crippen molar-refractivity contribution < 1.29 is 4.52 Å². The molecule has 0 aromatic carbocycles. The Morgan fingerprint density at radius 3 is 3.07 bits per heavy atom. The van der Waals surface area contributed by atoms with E-state index < -0.39 is 0 Å². The molecule has 5 nitrogen and oxygen atoms in total. The summed E-state index contributed by atoms with van der Waals surface area (Å²) in [5, 5.41) is 7.27. The van der Waals surface area contributed by atoms with E-state index in [2.05, 4.69) is 15.5 Å². The van der Waals surface area contributed by atoms with Gasteiger partial charge in [-0.3, -0.25) is 0 Å². The van der Waals surface area contributed by atoms with E-state index in [-0.39, 0.29) is 6.04 Å². The van der Waals surface area contributed by atoms with E-state index in [1.165, 1.54) is 6.42 Å². The minimum absolute atomic E-state index is 0.173. The molecule has 0 bridgehead atoms. The van der Waals surface area contributed by atoms with E-state index in [1.54, 1.807) is 0 Å².